The molecule has 0 bridgehead atoms. The molecule has 1 aliphatic rings. The lowest BCUT2D eigenvalue weighted by Gasteiger charge is -2.19. The summed E-state index contributed by atoms with van der Waals surface area (Å²) in [6, 6.07) is 9.91. The van der Waals surface area contributed by atoms with Gasteiger partial charge in [-0.2, -0.15) is 0 Å². The number of nitrogens with one attached hydrogen (secondary N) is 1. The van der Waals surface area contributed by atoms with Crippen LogP contribution in [0.2, 0.25) is 0 Å². The summed E-state index contributed by atoms with van der Waals surface area (Å²) in [4.78, 5) is 14.4. The lowest BCUT2D eigenvalue weighted by atomic mass is 10.1. The smallest absolute Gasteiger partial charge is 0.248 e. The van der Waals surface area contributed by atoms with E-state index in [4.69, 9.17) is 4.42 Å². The number of nitrogens with zero attached hydrogens (tertiary/aromatic N) is 1. The molecule has 1 N–H and O–H groups in total. The van der Waals surface area contributed by atoms with Crippen LogP contribution in [0, 0.1) is 13.8 Å². The molecule has 0 saturated carbocycles. The predicted octanol–water partition coefficient (Wildman–Crippen LogP) is 4.15. The van der Waals surface area contributed by atoms with Gasteiger partial charge in [-0.05, 0) is 68.7 Å². The molecule has 3 rings (SSSR count). The van der Waals surface area contributed by atoms with Gasteiger partial charge in [0.05, 0.1) is 0 Å². The minimum absolute atomic E-state index is 0.156. The molecule has 0 unspecified atom stereocenters. The number of amides is 1. The highest BCUT2D eigenvalue weighted by Crippen LogP contribution is 2.25. The van der Waals surface area contributed by atoms with Crippen LogP contribution in [0.5, 0.6) is 0 Å². The molecule has 1 aliphatic heterocycles. The van der Waals surface area contributed by atoms with Crippen LogP contribution in [-0.2, 0) is 4.79 Å². The highest BCUT2D eigenvalue weighted by atomic mass is 16.3. The molecule has 1 fully saturated rings. The van der Waals surface area contributed by atoms with Crippen LogP contribution >= 0.6 is 0 Å². The summed E-state index contributed by atoms with van der Waals surface area (Å²) >= 11 is 0. The van der Waals surface area contributed by atoms with Gasteiger partial charge in [-0.15, -0.1) is 0 Å². The van der Waals surface area contributed by atoms with Crippen LogP contribution in [0.25, 0.3) is 6.08 Å². The molecule has 2 heterocycles. The normalized spacial score (nSPS) is 14.6. The maximum absolute atomic E-state index is 12.0. The Kier molecular flexibility index (Phi) is 4.51. The molecule has 4 heteroatoms. The third-order valence-corrected chi connectivity index (χ3v) is 4.10. The molecule has 0 aliphatic carbocycles. The van der Waals surface area contributed by atoms with E-state index in [0.29, 0.717) is 5.76 Å². The number of carbonyl (C=O) groups is 1. The number of carbonyl (C=O) groups excluding carboxylic acids is 1. The van der Waals surface area contributed by atoms with E-state index in [1.54, 1.807) is 6.08 Å². The van der Waals surface area contributed by atoms with Crippen molar-refractivity contribution in [1.82, 2.24) is 0 Å². The molecule has 1 aromatic carbocycles. The second kappa shape index (κ2) is 6.73. The first kappa shape index (κ1) is 15.4. The lowest BCUT2D eigenvalue weighted by Crippen LogP contribution is -2.18. The maximum atomic E-state index is 12.0. The van der Waals surface area contributed by atoms with Gasteiger partial charge in [0, 0.05) is 30.5 Å². The Hall–Kier alpha value is -2.49. The first-order valence-corrected chi connectivity index (χ1v) is 8.03. The van der Waals surface area contributed by atoms with E-state index in [-0.39, 0.29) is 5.91 Å². The van der Waals surface area contributed by atoms with E-state index in [0.717, 1.165) is 30.1 Å². The third-order valence-electron chi connectivity index (χ3n) is 4.10. The van der Waals surface area contributed by atoms with Gasteiger partial charge in [-0.25, -0.2) is 0 Å². The van der Waals surface area contributed by atoms with Gasteiger partial charge in [0.25, 0.3) is 0 Å². The Balaban J connectivity index is 1.65. The molecule has 0 spiro atoms. The summed E-state index contributed by atoms with van der Waals surface area (Å²) in [5.74, 6) is 1.35. The minimum Gasteiger partial charge on any atom is -0.462 e. The zero-order valence-electron chi connectivity index (χ0n) is 13.6. The van der Waals surface area contributed by atoms with Gasteiger partial charge in [0.15, 0.2) is 0 Å². The Morgan fingerprint density at radius 3 is 2.61 bits per heavy atom. The van der Waals surface area contributed by atoms with Crippen molar-refractivity contribution in [3.8, 4) is 0 Å². The second-order valence-electron chi connectivity index (χ2n) is 5.96. The molecule has 0 atom stereocenters. The Labute approximate surface area is 136 Å². The van der Waals surface area contributed by atoms with Gasteiger partial charge in [0.1, 0.15) is 11.5 Å². The molecular weight excluding hydrogens is 288 g/mol. The van der Waals surface area contributed by atoms with E-state index >= 15 is 0 Å². The second-order valence-corrected chi connectivity index (χ2v) is 5.96. The molecular formula is C19H22N2O2. The van der Waals surface area contributed by atoms with Gasteiger partial charge < -0.3 is 14.6 Å². The van der Waals surface area contributed by atoms with Crippen molar-refractivity contribution >= 4 is 23.4 Å². The van der Waals surface area contributed by atoms with Crippen LogP contribution in [0.4, 0.5) is 11.4 Å². The summed E-state index contributed by atoms with van der Waals surface area (Å²) in [6.45, 7) is 6.14. The van der Waals surface area contributed by atoms with Crippen molar-refractivity contribution < 1.29 is 9.21 Å². The van der Waals surface area contributed by atoms with Crippen molar-refractivity contribution in [2.45, 2.75) is 26.7 Å². The highest BCUT2D eigenvalue weighted by Gasteiger charge is 2.13. The third kappa shape index (κ3) is 3.83. The van der Waals surface area contributed by atoms with Crippen LogP contribution < -0.4 is 10.2 Å². The molecule has 23 heavy (non-hydrogen) atoms. The summed E-state index contributed by atoms with van der Waals surface area (Å²) in [6.07, 6.45) is 5.69. The molecule has 1 saturated heterocycles. The van der Waals surface area contributed by atoms with E-state index in [1.165, 1.54) is 24.6 Å². The topological polar surface area (TPSA) is 45.5 Å². The number of furan rings is 1. The fraction of sp³-hybridized carbons (Fsp3) is 0.316. The lowest BCUT2D eigenvalue weighted by molar-refractivity contribution is -0.111. The van der Waals surface area contributed by atoms with Crippen LogP contribution in [-0.4, -0.2) is 19.0 Å². The minimum atomic E-state index is -0.156. The quantitative estimate of drug-likeness (QED) is 0.863. The van der Waals surface area contributed by atoms with Gasteiger partial charge >= 0.3 is 0 Å². The van der Waals surface area contributed by atoms with E-state index in [9.17, 15) is 4.79 Å². The van der Waals surface area contributed by atoms with Crippen LogP contribution in [0.1, 0.15) is 29.9 Å². The first-order chi connectivity index (χ1) is 11.1. The summed E-state index contributed by atoms with van der Waals surface area (Å²) < 4.78 is 5.41. The zero-order valence-corrected chi connectivity index (χ0v) is 13.6. The van der Waals surface area contributed by atoms with Crippen LogP contribution in [0.15, 0.2) is 40.8 Å². The maximum Gasteiger partial charge on any atom is 0.248 e. The SMILES string of the molecule is Cc1ccc(C=CC(=O)Nc2ccc(N3CCCC3)cc2C)o1. The van der Waals surface area contributed by atoms with Crippen molar-refractivity contribution in [3.63, 3.8) is 0 Å². The largest absolute Gasteiger partial charge is 0.462 e. The zero-order chi connectivity index (χ0) is 16.2. The van der Waals surface area contributed by atoms with E-state index in [1.807, 2.05) is 32.0 Å². The molecule has 1 aromatic heterocycles. The number of hydrogen-bond acceptors (Lipinski definition) is 3. The van der Waals surface area contributed by atoms with Crippen molar-refractivity contribution in [1.29, 1.82) is 0 Å². The number of aryl methyl sites for hydroxylation is 2. The number of benzene rings is 1. The highest BCUT2D eigenvalue weighted by molar-refractivity contribution is 6.02. The standard InChI is InChI=1S/C19H22N2O2/c1-14-13-16(21-11-3-4-12-21)6-9-18(14)20-19(22)10-8-17-7-5-15(2)23-17/h5-10,13H,3-4,11-12H2,1-2H3,(H,20,22). The summed E-state index contributed by atoms with van der Waals surface area (Å²) in [5.41, 5.74) is 3.16. The van der Waals surface area contributed by atoms with Gasteiger partial charge in [0.2, 0.25) is 5.91 Å². The van der Waals surface area contributed by atoms with Crippen LogP contribution in [0.3, 0.4) is 0 Å². The predicted molar refractivity (Wildman–Crippen MR) is 93.7 cm³/mol. The molecule has 0 radical (unpaired) electrons. The van der Waals surface area contributed by atoms with E-state index in [2.05, 4.69) is 22.3 Å². The fourth-order valence-corrected chi connectivity index (χ4v) is 2.84. The number of anilines is 2. The average molecular weight is 310 g/mol. The van der Waals surface area contributed by atoms with Gasteiger partial charge in [-0.3, -0.25) is 4.79 Å². The first-order valence-electron chi connectivity index (χ1n) is 8.03. The van der Waals surface area contributed by atoms with Crippen molar-refractivity contribution in [3.05, 3.63) is 53.5 Å². The molecule has 120 valence electrons. The molecule has 1 amide bonds. The average Bonchev–Trinajstić information content (AvgIpc) is 3.19. The Bertz CT molecular complexity index is 725. The summed E-state index contributed by atoms with van der Waals surface area (Å²) in [5, 5.41) is 2.92. The van der Waals surface area contributed by atoms with Gasteiger partial charge in [-0.1, -0.05) is 0 Å². The van der Waals surface area contributed by atoms with Crippen molar-refractivity contribution in [2.75, 3.05) is 23.3 Å². The number of rotatable bonds is 4. The summed E-state index contributed by atoms with van der Waals surface area (Å²) in [7, 11) is 0. The number of hydrogen-bond donors (Lipinski definition) is 1. The Morgan fingerprint density at radius 2 is 1.96 bits per heavy atom. The Morgan fingerprint density at radius 1 is 1.17 bits per heavy atom. The van der Waals surface area contributed by atoms with Crippen molar-refractivity contribution in [2.24, 2.45) is 0 Å². The molecule has 4 nitrogen and oxygen atoms in total. The monoisotopic (exact) mass is 310 g/mol. The van der Waals surface area contributed by atoms with E-state index < -0.39 is 0 Å². The molecule has 2 aromatic rings. The fourth-order valence-electron chi connectivity index (χ4n) is 2.84.